The van der Waals surface area contributed by atoms with E-state index in [1.165, 1.54) is 0 Å². The highest BCUT2D eigenvalue weighted by molar-refractivity contribution is 5.98. The quantitative estimate of drug-likeness (QED) is 0.724. The molecular weight excluding hydrogens is 314 g/mol. The van der Waals surface area contributed by atoms with Crippen molar-refractivity contribution in [2.24, 2.45) is 0 Å². The van der Waals surface area contributed by atoms with Crippen LogP contribution in [0.25, 0.3) is 28.2 Å². The summed E-state index contributed by atoms with van der Waals surface area (Å²) in [6, 6.07) is 17.1. The summed E-state index contributed by atoms with van der Waals surface area (Å²) in [6.07, 6.45) is 1.60. The van der Waals surface area contributed by atoms with E-state index in [1.807, 2.05) is 54.6 Å². The summed E-state index contributed by atoms with van der Waals surface area (Å²) in [5.74, 6) is 1.46. The first kappa shape index (κ1) is 16.2. The molecule has 0 aliphatic heterocycles. The van der Waals surface area contributed by atoms with Crippen molar-refractivity contribution in [2.75, 3.05) is 14.2 Å². The van der Waals surface area contributed by atoms with Crippen molar-refractivity contribution in [3.63, 3.8) is 0 Å². The van der Waals surface area contributed by atoms with Crippen LogP contribution in [0.3, 0.4) is 0 Å². The molecule has 122 valence electrons. The van der Waals surface area contributed by atoms with E-state index < -0.39 is 0 Å². The van der Waals surface area contributed by atoms with Crippen molar-refractivity contribution in [1.82, 2.24) is 4.98 Å². The van der Waals surface area contributed by atoms with Crippen molar-refractivity contribution in [3.8, 4) is 34.9 Å². The van der Waals surface area contributed by atoms with E-state index in [1.54, 1.807) is 20.3 Å². The largest absolute Gasteiger partial charge is 0.497 e. The van der Waals surface area contributed by atoms with Gasteiger partial charge < -0.3 is 14.5 Å². The van der Waals surface area contributed by atoms with Crippen LogP contribution in [0.5, 0.6) is 11.5 Å². The number of aromatic nitrogens is 1. The first-order valence-corrected chi connectivity index (χ1v) is 7.56. The summed E-state index contributed by atoms with van der Waals surface area (Å²) in [4.78, 5) is 3.36. The normalized spacial score (nSPS) is 9.92. The molecule has 5 nitrogen and oxygen atoms in total. The molecule has 2 aromatic carbocycles. The number of allylic oxidation sites excluding steroid dienone is 1. The van der Waals surface area contributed by atoms with E-state index in [-0.39, 0.29) is 5.57 Å². The molecule has 1 N–H and O–H groups in total. The maximum atomic E-state index is 9.14. The molecule has 1 heterocycles. The average Bonchev–Trinajstić information content (AvgIpc) is 3.03. The number of hydrogen-bond donors (Lipinski definition) is 1. The van der Waals surface area contributed by atoms with Crippen molar-refractivity contribution in [3.05, 3.63) is 53.6 Å². The van der Waals surface area contributed by atoms with Crippen LogP contribution < -0.4 is 9.47 Å². The SMILES string of the molecule is COc1ccc(-c2[nH]c3ccc(OC)cc3c2C=C(C#N)C#N)cc1. The highest BCUT2D eigenvalue weighted by Gasteiger charge is 2.13. The number of nitrogens with one attached hydrogen (secondary N) is 1. The lowest BCUT2D eigenvalue weighted by Crippen LogP contribution is -1.85. The van der Waals surface area contributed by atoms with Crippen LogP contribution in [0.4, 0.5) is 0 Å². The summed E-state index contributed by atoms with van der Waals surface area (Å²) in [5, 5.41) is 19.2. The highest BCUT2D eigenvalue weighted by Crippen LogP contribution is 2.34. The predicted molar refractivity (Wildman–Crippen MR) is 96.0 cm³/mol. The fraction of sp³-hybridized carbons (Fsp3) is 0.100. The maximum Gasteiger partial charge on any atom is 0.130 e. The fourth-order valence-corrected chi connectivity index (χ4v) is 2.69. The lowest BCUT2D eigenvalue weighted by Gasteiger charge is -2.04. The lowest BCUT2D eigenvalue weighted by atomic mass is 10.0. The molecular formula is C20H15N3O2. The van der Waals surface area contributed by atoms with Gasteiger partial charge >= 0.3 is 0 Å². The van der Waals surface area contributed by atoms with Gasteiger partial charge in [-0.25, -0.2) is 0 Å². The van der Waals surface area contributed by atoms with Crippen LogP contribution in [0.15, 0.2) is 48.0 Å². The minimum absolute atomic E-state index is 0.0403. The molecule has 0 bridgehead atoms. The predicted octanol–water partition coefficient (Wildman–Crippen LogP) is 4.28. The molecule has 3 aromatic rings. The summed E-state index contributed by atoms with van der Waals surface area (Å²) in [7, 11) is 3.22. The monoisotopic (exact) mass is 329 g/mol. The third-order valence-electron chi connectivity index (χ3n) is 3.95. The van der Waals surface area contributed by atoms with Gasteiger partial charge in [-0.15, -0.1) is 0 Å². The maximum absolute atomic E-state index is 9.14. The Kier molecular flexibility index (Phi) is 4.41. The van der Waals surface area contributed by atoms with Gasteiger partial charge in [-0.3, -0.25) is 0 Å². The molecule has 0 saturated heterocycles. The molecule has 0 fully saturated rings. The third kappa shape index (κ3) is 3.04. The van der Waals surface area contributed by atoms with Gasteiger partial charge in [-0.05, 0) is 54.1 Å². The first-order valence-electron chi connectivity index (χ1n) is 7.56. The Morgan fingerprint density at radius 2 is 1.60 bits per heavy atom. The Balaban J connectivity index is 2.28. The van der Waals surface area contributed by atoms with Crippen LogP contribution in [-0.2, 0) is 0 Å². The molecule has 5 heteroatoms. The van der Waals surface area contributed by atoms with Crippen molar-refractivity contribution < 1.29 is 9.47 Å². The van der Waals surface area contributed by atoms with Crippen LogP contribution >= 0.6 is 0 Å². The van der Waals surface area contributed by atoms with E-state index in [0.717, 1.165) is 33.5 Å². The summed E-state index contributed by atoms with van der Waals surface area (Å²) < 4.78 is 10.5. The molecule has 25 heavy (non-hydrogen) atoms. The van der Waals surface area contributed by atoms with Crippen LogP contribution in [-0.4, -0.2) is 19.2 Å². The van der Waals surface area contributed by atoms with Gasteiger partial charge in [0.15, 0.2) is 0 Å². The second-order valence-electron chi connectivity index (χ2n) is 5.34. The zero-order valence-corrected chi connectivity index (χ0v) is 13.8. The Labute approximate surface area is 145 Å². The second kappa shape index (κ2) is 6.82. The molecule has 1 aromatic heterocycles. The highest BCUT2D eigenvalue weighted by atomic mass is 16.5. The summed E-state index contributed by atoms with van der Waals surface area (Å²) in [6.45, 7) is 0. The number of H-pyrrole nitrogens is 1. The molecule has 0 aliphatic carbocycles. The van der Waals surface area contributed by atoms with Gasteiger partial charge in [-0.2, -0.15) is 10.5 Å². The van der Waals surface area contributed by atoms with Gasteiger partial charge in [0.05, 0.1) is 19.9 Å². The third-order valence-corrected chi connectivity index (χ3v) is 3.95. The van der Waals surface area contributed by atoms with Crippen molar-refractivity contribution in [2.45, 2.75) is 0 Å². The summed E-state index contributed by atoms with van der Waals surface area (Å²) >= 11 is 0. The van der Waals surface area contributed by atoms with Gasteiger partial charge in [0, 0.05) is 16.5 Å². The number of benzene rings is 2. The lowest BCUT2D eigenvalue weighted by molar-refractivity contribution is 0.415. The minimum atomic E-state index is 0.0403. The number of fused-ring (bicyclic) bond motifs is 1. The van der Waals surface area contributed by atoms with Crippen molar-refractivity contribution >= 4 is 17.0 Å². The van der Waals surface area contributed by atoms with Crippen LogP contribution in [0, 0.1) is 22.7 Å². The van der Waals surface area contributed by atoms with Crippen LogP contribution in [0.2, 0.25) is 0 Å². The van der Waals surface area contributed by atoms with Gasteiger partial charge in [0.1, 0.15) is 29.2 Å². The summed E-state index contributed by atoms with van der Waals surface area (Å²) in [5.41, 5.74) is 3.47. The number of nitrogens with zero attached hydrogens (tertiary/aromatic N) is 2. The van der Waals surface area contributed by atoms with Crippen molar-refractivity contribution in [1.29, 1.82) is 10.5 Å². The number of methoxy groups -OCH3 is 2. The van der Waals surface area contributed by atoms with Gasteiger partial charge in [0.2, 0.25) is 0 Å². The molecule has 0 aliphatic rings. The number of hydrogen-bond acceptors (Lipinski definition) is 4. The van der Waals surface area contributed by atoms with Crippen LogP contribution in [0.1, 0.15) is 5.56 Å². The second-order valence-corrected chi connectivity index (χ2v) is 5.34. The van der Waals surface area contributed by atoms with Gasteiger partial charge in [-0.1, -0.05) is 0 Å². The van der Waals surface area contributed by atoms with E-state index in [4.69, 9.17) is 20.0 Å². The molecule has 0 amide bonds. The zero-order chi connectivity index (χ0) is 17.8. The molecule has 3 rings (SSSR count). The Bertz CT molecular complexity index is 1020. The van der Waals surface area contributed by atoms with E-state index in [9.17, 15) is 0 Å². The molecule has 0 spiro atoms. The number of ether oxygens (including phenoxy) is 2. The minimum Gasteiger partial charge on any atom is -0.497 e. The topological polar surface area (TPSA) is 81.8 Å². The number of aromatic amines is 1. The number of nitriles is 2. The Morgan fingerprint density at radius 3 is 2.20 bits per heavy atom. The Morgan fingerprint density at radius 1 is 0.960 bits per heavy atom. The zero-order valence-electron chi connectivity index (χ0n) is 13.8. The van der Waals surface area contributed by atoms with Gasteiger partial charge in [0.25, 0.3) is 0 Å². The standard InChI is InChI=1S/C20H15N3O2/c1-24-15-5-3-14(4-6-15)20-18(9-13(11-21)12-22)17-10-16(25-2)7-8-19(17)23-20/h3-10,23H,1-2H3. The molecule has 0 atom stereocenters. The fourth-order valence-electron chi connectivity index (χ4n) is 2.69. The first-order chi connectivity index (χ1) is 12.2. The number of rotatable bonds is 4. The average molecular weight is 329 g/mol. The van der Waals surface area contributed by atoms with E-state index in [2.05, 4.69) is 4.98 Å². The smallest absolute Gasteiger partial charge is 0.130 e. The molecule has 0 unspecified atom stereocenters. The van der Waals surface area contributed by atoms with E-state index >= 15 is 0 Å². The molecule has 0 saturated carbocycles. The molecule has 0 radical (unpaired) electrons. The Hall–Kier alpha value is -3.70. The van der Waals surface area contributed by atoms with E-state index in [0.29, 0.717) is 5.75 Å².